The first-order chi connectivity index (χ1) is 29.6. The van der Waals surface area contributed by atoms with Crippen LogP contribution < -0.4 is 46.0 Å². The van der Waals surface area contributed by atoms with Gasteiger partial charge in [0.1, 0.15) is 0 Å². The summed E-state index contributed by atoms with van der Waals surface area (Å²) in [5, 5.41) is 11.2. The SMILES string of the molecule is Cc1ccccc1Pc1cc2ccccc2[cH-]1.Cc1ccccc1Pc1cc2ccccc2[cH-]1.[Cl-].[Cl-].[Ti+2].[Ti+2].[c-]1cccc2c1Cc1ccccc1-2.[c-]1cccc2c1Cc1ccccc1-2. The van der Waals surface area contributed by atoms with Crippen LogP contribution in [0.4, 0.5) is 0 Å². The molecule has 2 atom stereocenters. The fourth-order valence-corrected chi connectivity index (χ4v) is 10.6. The van der Waals surface area contributed by atoms with Gasteiger partial charge in [-0.2, -0.15) is 71.8 Å². The summed E-state index contributed by atoms with van der Waals surface area (Å²) >= 11 is 0. The van der Waals surface area contributed by atoms with Gasteiger partial charge in [0.2, 0.25) is 0 Å². The Bertz CT molecular complexity index is 2700. The van der Waals surface area contributed by atoms with Crippen molar-refractivity contribution >= 4 is 59.9 Å². The van der Waals surface area contributed by atoms with Crippen LogP contribution in [0, 0.1) is 26.0 Å². The molecule has 2 aliphatic carbocycles. The summed E-state index contributed by atoms with van der Waals surface area (Å²) in [5.41, 5.74) is 13.8. The van der Waals surface area contributed by atoms with Crippen LogP contribution in [-0.4, -0.2) is 0 Å². The molecule has 0 amide bonds. The van der Waals surface area contributed by atoms with E-state index in [1.165, 1.54) is 98.4 Å². The topological polar surface area (TPSA) is 0 Å². The largest absolute Gasteiger partial charge is 2.00 e. The summed E-state index contributed by atoms with van der Waals surface area (Å²) in [7, 11) is 1.52. The molecule has 0 fully saturated rings. The van der Waals surface area contributed by atoms with Gasteiger partial charge < -0.3 is 24.8 Å². The van der Waals surface area contributed by atoms with Gasteiger partial charge in [-0.05, 0) is 48.4 Å². The predicted octanol–water partition coefficient (Wildman–Crippen LogP) is 7.11. The maximum Gasteiger partial charge on any atom is 2.00 e. The van der Waals surface area contributed by atoms with Crippen LogP contribution in [0.1, 0.15) is 33.4 Å². The van der Waals surface area contributed by atoms with E-state index < -0.39 is 0 Å². The third kappa shape index (κ3) is 12.2. The molecule has 10 aromatic carbocycles. The van der Waals surface area contributed by atoms with Crippen molar-refractivity contribution in [3.05, 3.63) is 252 Å². The molecule has 0 saturated heterocycles. The van der Waals surface area contributed by atoms with Gasteiger partial charge in [-0.1, -0.05) is 149 Å². The molecular weight excluding hydrogens is 925 g/mol. The van der Waals surface area contributed by atoms with Gasteiger partial charge in [0.25, 0.3) is 0 Å². The van der Waals surface area contributed by atoms with E-state index in [0.717, 1.165) is 30.0 Å². The number of aryl methyl sites for hydroxylation is 2. The molecule has 0 bridgehead atoms. The maximum atomic E-state index is 3.30. The third-order valence-electron chi connectivity index (χ3n) is 11.3. The predicted molar refractivity (Wildman–Crippen MR) is 264 cm³/mol. The average Bonchev–Trinajstić information content (AvgIpc) is 4.08. The second kappa shape index (κ2) is 24.4. The molecule has 0 nitrogen and oxygen atoms in total. The number of halogens is 2. The molecule has 0 aromatic heterocycles. The van der Waals surface area contributed by atoms with Gasteiger partial charge in [-0.3, -0.25) is 0 Å². The molecule has 10 aromatic rings. The van der Waals surface area contributed by atoms with Gasteiger partial charge in [-0.15, -0.1) is 91.8 Å². The first-order valence-corrected chi connectivity index (χ1v) is 22.7. The number of hydrogen-bond donors (Lipinski definition) is 0. The van der Waals surface area contributed by atoms with Crippen LogP contribution in [0.5, 0.6) is 0 Å². The standard InChI is InChI=1S/2C16H14P.2C13H9.2ClH.2Ti/c2*1-12-6-2-5-9-16(12)17-15-10-13-7-3-4-8-14(13)11-15;2*1-3-7-12-10(5-1)9-11-6-2-4-8-13(11)12;;;;/h2*2-11,17H,1H3;2*1-5,7-8H,9H2;2*1H;;/q4*-1;;;2*+2/p-2. The Morgan fingerprint density at radius 2 is 0.766 bits per heavy atom. The Balaban J connectivity index is 0.000000158. The second-order valence-electron chi connectivity index (χ2n) is 15.4. The van der Waals surface area contributed by atoms with E-state index in [2.05, 4.69) is 220 Å². The van der Waals surface area contributed by atoms with E-state index in [4.69, 9.17) is 0 Å². The number of rotatable bonds is 4. The fraction of sp³-hybridized carbons (Fsp3) is 0.0690. The molecular formula is C58H46Cl2P2Ti2-2. The molecule has 64 heavy (non-hydrogen) atoms. The molecule has 6 heteroatoms. The Hall–Kier alpha value is -4.15. The van der Waals surface area contributed by atoms with Gasteiger partial charge in [0, 0.05) is 0 Å². The first kappa shape index (κ1) is 50.8. The van der Waals surface area contributed by atoms with Crippen molar-refractivity contribution in [3.8, 4) is 22.3 Å². The summed E-state index contributed by atoms with van der Waals surface area (Å²) < 4.78 is 0. The third-order valence-corrected chi connectivity index (χ3v) is 14.1. The zero-order valence-corrected chi connectivity index (χ0v) is 42.4. The molecule has 0 heterocycles. The van der Waals surface area contributed by atoms with E-state index in [0.29, 0.717) is 0 Å². The molecule has 0 radical (unpaired) electrons. The van der Waals surface area contributed by atoms with Crippen molar-refractivity contribution in [1.29, 1.82) is 0 Å². The van der Waals surface area contributed by atoms with Crippen molar-refractivity contribution < 1.29 is 68.2 Å². The van der Waals surface area contributed by atoms with Crippen LogP contribution in [-0.2, 0) is 56.3 Å². The maximum absolute atomic E-state index is 3.30. The van der Waals surface area contributed by atoms with Gasteiger partial charge in [0.05, 0.1) is 0 Å². The van der Waals surface area contributed by atoms with Crippen LogP contribution in [0.15, 0.2) is 206 Å². The van der Waals surface area contributed by atoms with Crippen molar-refractivity contribution in [3.63, 3.8) is 0 Å². The van der Waals surface area contributed by atoms with Crippen molar-refractivity contribution in [1.82, 2.24) is 0 Å². The Morgan fingerprint density at radius 3 is 1.19 bits per heavy atom. The summed E-state index contributed by atoms with van der Waals surface area (Å²) in [6.45, 7) is 4.37. The number of benzene rings is 8. The second-order valence-corrected chi connectivity index (χ2v) is 18.2. The molecule has 2 unspecified atom stereocenters. The van der Waals surface area contributed by atoms with Crippen LogP contribution in [0.3, 0.4) is 0 Å². The molecule has 0 saturated carbocycles. The average molecular weight is 972 g/mol. The fourth-order valence-electron chi connectivity index (χ4n) is 8.18. The molecule has 0 N–H and O–H groups in total. The van der Waals surface area contributed by atoms with Gasteiger partial charge >= 0.3 is 43.4 Å². The minimum Gasteiger partial charge on any atom is -1.00 e. The molecule has 2 aliphatic rings. The molecule has 312 valence electrons. The minimum absolute atomic E-state index is 0. The monoisotopic (exact) mass is 970 g/mol. The Labute approximate surface area is 425 Å². The summed E-state index contributed by atoms with van der Waals surface area (Å²) in [6.07, 6.45) is 2.10. The Morgan fingerprint density at radius 1 is 0.406 bits per heavy atom. The first-order valence-electron chi connectivity index (χ1n) is 20.7. The minimum atomic E-state index is 0. The molecule has 0 aliphatic heterocycles. The zero-order valence-electron chi connectivity index (χ0n) is 35.8. The van der Waals surface area contributed by atoms with E-state index in [1.54, 1.807) is 0 Å². The molecule has 0 spiro atoms. The molecule has 12 rings (SSSR count). The van der Waals surface area contributed by atoms with Crippen molar-refractivity contribution in [2.75, 3.05) is 0 Å². The summed E-state index contributed by atoms with van der Waals surface area (Å²) in [6, 6.07) is 79.8. The van der Waals surface area contributed by atoms with E-state index in [-0.39, 0.29) is 68.2 Å². The normalized spacial score (nSPS) is 11.2. The van der Waals surface area contributed by atoms with E-state index >= 15 is 0 Å². The van der Waals surface area contributed by atoms with Crippen LogP contribution >= 0.6 is 17.2 Å². The smallest absolute Gasteiger partial charge is 1.00 e. The van der Waals surface area contributed by atoms with Crippen LogP contribution in [0.2, 0.25) is 0 Å². The van der Waals surface area contributed by atoms with E-state index in [9.17, 15) is 0 Å². The number of hydrogen-bond acceptors (Lipinski definition) is 0. The zero-order chi connectivity index (χ0) is 40.7. The van der Waals surface area contributed by atoms with Gasteiger partial charge in [-0.25, -0.2) is 0 Å². The van der Waals surface area contributed by atoms with Gasteiger partial charge in [0.15, 0.2) is 0 Å². The summed E-state index contributed by atoms with van der Waals surface area (Å²) in [5.74, 6) is 0. The summed E-state index contributed by atoms with van der Waals surface area (Å²) in [4.78, 5) is 0. The Kier molecular flexibility index (Phi) is 19.4. The van der Waals surface area contributed by atoms with Crippen LogP contribution in [0.25, 0.3) is 43.8 Å². The quantitative estimate of drug-likeness (QED) is 0.100. The van der Waals surface area contributed by atoms with E-state index in [1.807, 2.05) is 12.1 Å². The van der Waals surface area contributed by atoms with Crippen molar-refractivity contribution in [2.24, 2.45) is 0 Å². The number of fused-ring (bicyclic) bond motifs is 8. The van der Waals surface area contributed by atoms with Crippen molar-refractivity contribution in [2.45, 2.75) is 26.7 Å².